The zero-order chi connectivity index (χ0) is 23.7. The fourth-order valence-corrected chi connectivity index (χ4v) is 4.91. The Bertz CT molecular complexity index is 1150. The van der Waals surface area contributed by atoms with Crippen molar-refractivity contribution in [2.45, 2.75) is 49.3 Å². The zero-order valence-corrected chi connectivity index (χ0v) is 19.7. The van der Waals surface area contributed by atoms with Crippen LogP contribution in [0.5, 0.6) is 0 Å². The molecule has 174 valence electrons. The second kappa shape index (κ2) is 11.8. The van der Waals surface area contributed by atoms with Gasteiger partial charge in [0.25, 0.3) is 10.0 Å². The topological polar surface area (TPSA) is 96.4 Å². The molecule has 1 heterocycles. The van der Waals surface area contributed by atoms with Gasteiger partial charge in [-0.05, 0) is 66.4 Å². The fourth-order valence-electron chi connectivity index (χ4n) is 3.73. The predicted molar refractivity (Wildman–Crippen MR) is 130 cm³/mol. The molecule has 6 nitrogen and oxygen atoms in total. The van der Waals surface area contributed by atoms with E-state index in [1.807, 2.05) is 36.5 Å². The smallest absolute Gasteiger partial charge is 0.303 e. The predicted octanol–water partition coefficient (Wildman–Crippen LogP) is 6.09. The van der Waals surface area contributed by atoms with Gasteiger partial charge in [0.05, 0.1) is 4.90 Å². The van der Waals surface area contributed by atoms with Gasteiger partial charge in [-0.3, -0.25) is 14.5 Å². The van der Waals surface area contributed by atoms with Crippen molar-refractivity contribution in [2.24, 2.45) is 0 Å². The number of hydrogen-bond donors (Lipinski definition) is 2. The molecule has 1 aromatic heterocycles. The summed E-state index contributed by atoms with van der Waals surface area (Å²) in [5, 5.41) is 9.26. The maximum Gasteiger partial charge on any atom is 0.303 e. The summed E-state index contributed by atoms with van der Waals surface area (Å²) in [4.78, 5) is 15.1. The number of carboxylic acid groups (broad SMARTS) is 1. The fraction of sp³-hybridized carbons (Fsp3) is 0.280. The number of pyridine rings is 1. The molecule has 8 heteroatoms. The van der Waals surface area contributed by atoms with Crippen LogP contribution in [0.3, 0.4) is 0 Å². The molecule has 0 fully saturated rings. The monoisotopic (exact) mass is 486 g/mol. The molecular formula is C25H27ClN2O4S. The lowest BCUT2D eigenvalue weighted by atomic mass is 9.87. The minimum atomic E-state index is -3.74. The van der Waals surface area contributed by atoms with Gasteiger partial charge in [0, 0.05) is 35.4 Å². The summed E-state index contributed by atoms with van der Waals surface area (Å²) in [6.07, 6.45) is 8.02. The lowest BCUT2D eigenvalue weighted by Crippen LogP contribution is -2.13. The number of sulfonamides is 1. The molecule has 0 amide bonds. The Balaban J connectivity index is 1.75. The summed E-state index contributed by atoms with van der Waals surface area (Å²) < 4.78 is 28.2. The van der Waals surface area contributed by atoms with Crippen molar-refractivity contribution in [3.63, 3.8) is 0 Å². The molecule has 2 N–H and O–H groups in total. The summed E-state index contributed by atoms with van der Waals surface area (Å²) in [5.41, 5.74) is 2.53. The summed E-state index contributed by atoms with van der Waals surface area (Å²) in [5.74, 6) is -0.709. The highest BCUT2D eigenvalue weighted by Gasteiger charge is 2.18. The summed E-state index contributed by atoms with van der Waals surface area (Å²) in [7, 11) is -3.74. The molecule has 0 aliphatic carbocycles. The zero-order valence-electron chi connectivity index (χ0n) is 18.2. The second-order valence-corrected chi connectivity index (χ2v) is 9.99. The molecule has 0 bridgehead atoms. The molecule has 0 saturated heterocycles. The molecule has 3 rings (SSSR count). The van der Waals surface area contributed by atoms with Crippen LogP contribution in [0, 0.1) is 0 Å². The number of nitrogens with one attached hydrogen (secondary N) is 1. The summed E-state index contributed by atoms with van der Waals surface area (Å²) in [6, 6.07) is 17.3. The Labute approximate surface area is 199 Å². The van der Waals surface area contributed by atoms with Crippen LogP contribution < -0.4 is 4.72 Å². The standard InChI is InChI=1S/C25H27ClN2O4S/c26-21-12-14-23(15-13-21)33(31,32)28-22-9-5-7-19(17-22)24(20-8-6-16-27-18-20)10-3-1-2-4-11-25(29)30/h5-9,12-18,24,28H,1-4,10-11H2,(H,29,30). The largest absolute Gasteiger partial charge is 0.481 e. The van der Waals surface area contributed by atoms with Gasteiger partial charge in [0.1, 0.15) is 0 Å². The number of unbranched alkanes of at least 4 members (excludes halogenated alkanes) is 3. The van der Waals surface area contributed by atoms with Crippen molar-refractivity contribution in [1.29, 1.82) is 0 Å². The highest BCUT2D eigenvalue weighted by Crippen LogP contribution is 2.32. The molecule has 33 heavy (non-hydrogen) atoms. The maximum absolute atomic E-state index is 12.8. The van der Waals surface area contributed by atoms with Crippen LogP contribution in [0.25, 0.3) is 0 Å². The van der Waals surface area contributed by atoms with Gasteiger partial charge in [-0.1, -0.05) is 49.1 Å². The van der Waals surface area contributed by atoms with Crippen LogP contribution >= 0.6 is 11.6 Å². The van der Waals surface area contributed by atoms with Crippen molar-refractivity contribution in [1.82, 2.24) is 4.98 Å². The summed E-state index contributed by atoms with van der Waals surface area (Å²) in [6.45, 7) is 0. The molecule has 0 radical (unpaired) electrons. The number of anilines is 1. The number of carbonyl (C=O) groups is 1. The molecular weight excluding hydrogens is 460 g/mol. The number of hydrogen-bond acceptors (Lipinski definition) is 4. The van der Waals surface area contributed by atoms with Gasteiger partial charge in [0.15, 0.2) is 0 Å². The van der Waals surface area contributed by atoms with Crippen LogP contribution in [-0.2, 0) is 14.8 Å². The molecule has 0 aliphatic heterocycles. The van der Waals surface area contributed by atoms with E-state index in [4.69, 9.17) is 16.7 Å². The lowest BCUT2D eigenvalue weighted by Gasteiger charge is -2.19. The Hall–Kier alpha value is -2.90. The Kier molecular flexibility index (Phi) is 8.86. The third kappa shape index (κ3) is 7.58. The van der Waals surface area contributed by atoms with Crippen molar-refractivity contribution >= 4 is 33.3 Å². The third-order valence-electron chi connectivity index (χ3n) is 5.39. The van der Waals surface area contributed by atoms with Crippen molar-refractivity contribution in [3.8, 4) is 0 Å². The first-order valence-corrected chi connectivity index (χ1v) is 12.7. The van der Waals surface area contributed by atoms with Crippen molar-refractivity contribution < 1.29 is 18.3 Å². The number of aromatic nitrogens is 1. The van der Waals surface area contributed by atoms with Gasteiger partial charge < -0.3 is 5.11 Å². The number of rotatable bonds is 12. The number of carboxylic acids is 1. The normalized spacial score (nSPS) is 12.3. The van der Waals surface area contributed by atoms with E-state index in [1.54, 1.807) is 24.4 Å². The first-order chi connectivity index (χ1) is 15.8. The first kappa shape index (κ1) is 24.7. The maximum atomic E-state index is 12.8. The summed E-state index contributed by atoms with van der Waals surface area (Å²) >= 11 is 5.87. The minimum absolute atomic E-state index is 0.0539. The SMILES string of the molecule is O=C(O)CCCCCCC(c1cccnc1)c1cccc(NS(=O)(=O)c2ccc(Cl)cc2)c1. The molecule has 1 atom stereocenters. The van der Waals surface area contributed by atoms with Crippen molar-refractivity contribution in [3.05, 3.63) is 89.2 Å². The molecule has 3 aromatic rings. The van der Waals surface area contributed by atoms with Crippen LogP contribution in [-0.4, -0.2) is 24.5 Å². The van der Waals surface area contributed by atoms with Gasteiger partial charge in [-0.15, -0.1) is 0 Å². The Morgan fingerprint density at radius 2 is 1.70 bits per heavy atom. The van der Waals surface area contributed by atoms with Gasteiger partial charge in [-0.25, -0.2) is 8.42 Å². The van der Waals surface area contributed by atoms with Crippen LogP contribution in [0.1, 0.15) is 55.6 Å². The van der Waals surface area contributed by atoms with E-state index in [-0.39, 0.29) is 17.2 Å². The van der Waals surface area contributed by atoms with Crippen LogP contribution in [0.4, 0.5) is 5.69 Å². The minimum Gasteiger partial charge on any atom is -0.481 e. The van der Waals surface area contributed by atoms with Gasteiger partial charge in [0.2, 0.25) is 0 Å². The second-order valence-electron chi connectivity index (χ2n) is 7.87. The third-order valence-corrected chi connectivity index (χ3v) is 7.03. The van der Waals surface area contributed by atoms with Crippen LogP contribution in [0.2, 0.25) is 5.02 Å². The van der Waals surface area contributed by atoms with Gasteiger partial charge >= 0.3 is 5.97 Å². The molecule has 2 aromatic carbocycles. The average molecular weight is 487 g/mol. The number of aliphatic carboxylic acids is 1. The first-order valence-electron chi connectivity index (χ1n) is 10.9. The van der Waals surface area contributed by atoms with E-state index in [2.05, 4.69) is 9.71 Å². The van der Waals surface area contributed by atoms with E-state index in [0.29, 0.717) is 17.1 Å². The van der Waals surface area contributed by atoms with E-state index in [0.717, 1.165) is 36.8 Å². The molecule has 1 unspecified atom stereocenters. The van der Waals surface area contributed by atoms with E-state index in [9.17, 15) is 13.2 Å². The Morgan fingerprint density at radius 1 is 0.970 bits per heavy atom. The highest BCUT2D eigenvalue weighted by atomic mass is 35.5. The molecule has 0 spiro atoms. The Morgan fingerprint density at radius 3 is 2.39 bits per heavy atom. The van der Waals surface area contributed by atoms with Crippen LogP contribution in [0.15, 0.2) is 78.0 Å². The quantitative estimate of drug-likeness (QED) is 0.302. The van der Waals surface area contributed by atoms with Crippen molar-refractivity contribution in [2.75, 3.05) is 4.72 Å². The van der Waals surface area contributed by atoms with Gasteiger partial charge in [-0.2, -0.15) is 0 Å². The average Bonchev–Trinajstić information content (AvgIpc) is 2.79. The number of halogens is 1. The number of nitrogens with zero attached hydrogens (tertiary/aromatic N) is 1. The van der Waals surface area contributed by atoms with E-state index >= 15 is 0 Å². The number of benzene rings is 2. The van der Waals surface area contributed by atoms with E-state index < -0.39 is 16.0 Å². The lowest BCUT2D eigenvalue weighted by molar-refractivity contribution is -0.137. The molecule has 0 aliphatic rings. The van der Waals surface area contributed by atoms with E-state index in [1.165, 1.54) is 12.1 Å². The molecule has 0 saturated carbocycles. The highest BCUT2D eigenvalue weighted by molar-refractivity contribution is 7.92.